The van der Waals surface area contributed by atoms with E-state index in [1.165, 1.54) is 19.3 Å². The Labute approximate surface area is 130 Å². The number of aliphatic hydroxyl groups is 1. The van der Waals surface area contributed by atoms with Gasteiger partial charge in [0, 0.05) is 31.2 Å². The standard InChI is InChI=1S/C17H34N2O2/c1-16(2)14(15(18-5)17(3,4)21-16)12-19-10-7-6-8-13(19)9-11-20/h13-15,18,20H,6-12H2,1-5H3. The van der Waals surface area contributed by atoms with Gasteiger partial charge in [0.2, 0.25) is 0 Å². The predicted octanol–water partition coefficient (Wildman–Crippen LogP) is 2.01. The first-order valence-corrected chi connectivity index (χ1v) is 8.54. The Balaban J connectivity index is 2.11. The number of likely N-dealkylation sites (tertiary alicyclic amines) is 1. The zero-order chi connectivity index (χ0) is 15.7. The Morgan fingerprint density at radius 1 is 1.19 bits per heavy atom. The molecule has 2 heterocycles. The Hall–Kier alpha value is -0.160. The molecule has 3 unspecified atom stereocenters. The van der Waals surface area contributed by atoms with Crippen LogP contribution in [0.3, 0.4) is 0 Å². The number of likely N-dealkylation sites (N-methyl/N-ethyl adjacent to an activating group) is 1. The zero-order valence-corrected chi connectivity index (χ0v) is 14.5. The molecule has 4 heteroatoms. The minimum absolute atomic E-state index is 0.113. The van der Waals surface area contributed by atoms with Crippen molar-refractivity contribution < 1.29 is 9.84 Å². The Morgan fingerprint density at radius 3 is 2.52 bits per heavy atom. The van der Waals surface area contributed by atoms with Crippen LogP contribution in [0.25, 0.3) is 0 Å². The van der Waals surface area contributed by atoms with Crippen molar-refractivity contribution in [2.75, 3.05) is 26.7 Å². The number of piperidine rings is 1. The van der Waals surface area contributed by atoms with Gasteiger partial charge in [0.1, 0.15) is 0 Å². The fraction of sp³-hybridized carbons (Fsp3) is 1.00. The van der Waals surface area contributed by atoms with E-state index in [0.717, 1.165) is 19.5 Å². The van der Waals surface area contributed by atoms with Crippen LogP contribution in [0, 0.1) is 5.92 Å². The molecule has 2 aliphatic heterocycles. The summed E-state index contributed by atoms with van der Waals surface area (Å²) in [6.07, 6.45) is 4.71. The predicted molar refractivity (Wildman–Crippen MR) is 86.5 cm³/mol. The van der Waals surface area contributed by atoms with Crippen LogP contribution in [0.15, 0.2) is 0 Å². The van der Waals surface area contributed by atoms with E-state index in [-0.39, 0.29) is 11.2 Å². The van der Waals surface area contributed by atoms with Crippen LogP contribution < -0.4 is 5.32 Å². The summed E-state index contributed by atoms with van der Waals surface area (Å²) in [5.74, 6) is 0.469. The van der Waals surface area contributed by atoms with Crippen LogP contribution >= 0.6 is 0 Å². The first kappa shape index (κ1) is 17.2. The van der Waals surface area contributed by atoms with Gasteiger partial charge < -0.3 is 15.2 Å². The maximum absolute atomic E-state index is 9.32. The van der Waals surface area contributed by atoms with Crippen molar-refractivity contribution in [2.24, 2.45) is 5.92 Å². The van der Waals surface area contributed by atoms with Crippen molar-refractivity contribution in [3.63, 3.8) is 0 Å². The van der Waals surface area contributed by atoms with Crippen molar-refractivity contribution in [3.8, 4) is 0 Å². The number of hydrogen-bond acceptors (Lipinski definition) is 4. The first-order valence-electron chi connectivity index (χ1n) is 8.54. The van der Waals surface area contributed by atoms with Gasteiger partial charge in [-0.2, -0.15) is 0 Å². The molecule has 0 saturated carbocycles. The normalized spacial score (nSPS) is 36.0. The molecule has 2 rings (SSSR count). The number of hydrogen-bond donors (Lipinski definition) is 2. The van der Waals surface area contributed by atoms with E-state index in [1.807, 2.05) is 7.05 Å². The van der Waals surface area contributed by atoms with Gasteiger partial charge in [-0.15, -0.1) is 0 Å². The second-order valence-electron chi connectivity index (χ2n) is 7.84. The largest absolute Gasteiger partial charge is 0.396 e. The average Bonchev–Trinajstić information content (AvgIpc) is 2.56. The van der Waals surface area contributed by atoms with Crippen molar-refractivity contribution in [1.29, 1.82) is 0 Å². The summed E-state index contributed by atoms with van der Waals surface area (Å²) in [6, 6.07) is 0.907. The number of aliphatic hydroxyl groups excluding tert-OH is 1. The summed E-state index contributed by atoms with van der Waals surface area (Å²) >= 11 is 0. The van der Waals surface area contributed by atoms with E-state index in [4.69, 9.17) is 4.74 Å². The van der Waals surface area contributed by atoms with E-state index >= 15 is 0 Å². The minimum atomic E-state index is -0.134. The molecule has 2 N–H and O–H groups in total. The monoisotopic (exact) mass is 298 g/mol. The van der Waals surface area contributed by atoms with Crippen LogP contribution in [-0.2, 0) is 4.74 Å². The molecule has 2 aliphatic rings. The quantitative estimate of drug-likeness (QED) is 0.815. The fourth-order valence-electron chi connectivity index (χ4n) is 4.61. The van der Waals surface area contributed by atoms with Gasteiger partial charge >= 0.3 is 0 Å². The molecule has 0 bridgehead atoms. The lowest BCUT2D eigenvalue weighted by atomic mass is 9.81. The molecule has 2 fully saturated rings. The molecular weight excluding hydrogens is 264 g/mol. The number of nitrogens with zero attached hydrogens (tertiary/aromatic N) is 1. The highest BCUT2D eigenvalue weighted by Crippen LogP contribution is 2.43. The molecular formula is C17H34N2O2. The SMILES string of the molecule is CNC1C(CN2CCCCC2CCO)C(C)(C)OC1(C)C. The third-order valence-corrected chi connectivity index (χ3v) is 5.52. The highest BCUT2D eigenvalue weighted by atomic mass is 16.5. The van der Waals surface area contributed by atoms with Crippen LogP contribution in [0.2, 0.25) is 0 Å². The maximum atomic E-state index is 9.32. The number of rotatable bonds is 5. The Kier molecular flexibility index (Phi) is 5.35. The average molecular weight is 298 g/mol. The summed E-state index contributed by atoms with van der Waals surface area (Å²) in [4.78, 5) is 2.60. The molecule has 0 aliphatic carbocycles. The van der Waals surface area contributed by atoms with Crippen LogP contribution in [0.4, 0.5) is 0 Å². The van der Waals surface area contributed by atoms with Crippen LogP contribution in [-0.4, -0.2) is 60.0 Å². The maximum Gasteiger partial charge on any atom is 0.0790 e. The van der Waals surface area contributed by atoms with Gasteiger partial charge in [-0.05, 0) is 60.5 Å². The van der Waals surface area contributed by atoms with Crippen molar-refractivity contribution in [3.05, 3.63) is 0 Å². The summed E-state index contributed by atoms with van der Waals surface area (Å²) in [5, 5.41) is 12.8. The molecule has 2 saturated heterocycles. The van der Waals surface area contributed by atoms with Crippen LogP contribution in [0.5, 0.6) is 0 Å². The van der Waals surface area contributed by atoms with Crippen molar-refractivity contribution in [1.82, 2.24) is 10.2 Å². The van der Waals surface area contributed by atoms with Gasteiger partial charge in [0.25, 0.3) is 0 Å². The summed E-state index contributed by atoms with van der Waals surface area (Å²) in [5.41, 5.74) is -0.246. The van der Waals surface area contributed by atoms with Crippen molar-refractivity contribution >= 4 is 0 Å². The van der Waals surface area contributed by atoms with Gasteiger partial charge in [0.05, 0.1) is 11.2 Å². The second-order valence-corrected chi connectivity index (χ2v) is 7.84. The molecule has 0 aromatic carbocycles. The summed E-state index contributed by atoms with van der Waals surface area (Å²) in [7, 11) is 2.05. The fourth-order valence-corrected chi connectivity index (χ4v) is 4.61. The van der Waals surface area contributed by atoms with E-state index in [9.17, 15) is 5.11 Å². The van der Waals surface area contributed by atoms with E-state index < -0.39 is 0 Å². The molecule has 0 radical (unpaired) electrons. The molecule has 0 aromatic rings. The topological polar surface area (TPSA) is 44.7 Å². The number of nitrogens with one attached hydrogen (secondary N) is 1. The lowest BCUT2D eigenvalue weighted by Crippen LogP contribution is -2.52. The molecule has 21 heavy (non-hydrogen) atoms. The number of ether oxygens (including phenoxy) is 1. The molecule has 124 valence electrons. The third kappa shape index (κ3) is 3.61. The lowest BCUT2D eigenvalue weighted by molar-refractivity contribution is -0.0807. The first-order chi connectivity index (χ1) is 9.81. The summed E-state index contributed by atoms with van der Waals surface area (Å²) < 4.78 is 6.35. The minimum Gasteiger partial charge on any atom is -0.396 e. The molecule has 0 spiro atoms. The van der Waals surface area contributed by atoms with Gasteiger partial charge in [0.15, 0.2) is 0 Å². The van der Waals surface area contributed by atoms with Crippen LogP contribution in [0.1, 0.15) is 53.4 Å². The van der Waals surface area contributed by atoms with Gasteiger partial charge in [-0.25, -0.2) is 0 Å². The molecule has 3 atom stereocenters. The molecule has 4 nitrogen and oxygen atoms in total. The lowest BCUT2D eigenvalue weighted by Gasteiger charge is -2.40. The van der Waals surface area contributed by atoms with Gasteiger partial charge in [-0.3, -0.25) is 4.90 Å². The highest BCUT2D eigenvalue weighted by molar-refractivity contribution is 5.06. The highest BCUT2D eigenvalue weighted by Gasteiger charge is 2.53. The van der Waals surface area contributed by atoms with E-state index in [0.29, 0.717) is 24.6 Å². The van der Waals surface area contributed by atoms with Gasteiger partial charge in [-0.1, -0.05) is 6.42 Å². The zero-order valence-electron chi connectivity index (χ0n) is 14.5. The Bertz CT molecular complexity index is 342. The Morgan fingerprint density at radius 2 is 1.90 bits per heavy atom. The second kappa shape index (κ2) is 6.53. The van der Waals surface area contributed by atoms with E-state index in [2.05, 4.69) is 37.9 Å². The summed E-state index contributed by atoms with van der Waals surface area (Å²) in [6.45, 7) is 11.4. The van der Waals surface area contributed by atoms with Crippen molar-refractivity contribution in [2.45, 2.75) is 76.7 Å². The van der Waals surface area contributed by atoms with E-state index in [1.54, 1.807) is 0 Å². The third-order valence-electron chi connectivity index (χ3n) is 5.52. The smallest absolute Gasteiger partial charge is 0.0790 e. The molecule has 0 amide bonds. The molecule has 0 aromatic heterocycles.